The quantitative estimate of drug-likeness (QED) is 0.732. The molecule has 0 aromatic rings. The molecule has 21 heavy (non-hydrogen) atoms. The summed E-state index contributed by atoms with van der Waals surface area (Å²) < 4.78 is 5.32. The van der Waals surface area contributed by atoms with Gasteiger partial charge in [0, 0.05) is 13.6 Å². The van der Waals surface area contributed by atoms with E-state index in [0.29, 0.717) is 12.8 Å². The lowest BCUT2D eigenvalue weighted by Gasteiger charge is -2.36. The molecule has 0 saturated carbocycles. The van der Waals surface area contributed by atoms with Gasteiger partial charge in [-0.05, 0) is 26.7 Å². The Kier molecular flexibility index (Phi) is 6.61. The third kappa shape index (κ3) is 5.00. The van der Waals surface area contributed by atoms with Gasteiger partial charge in [0.2, 0.25) is 11.8 Å². The minimum atomic E-state index is -1.02. The van der Waals surface area contributed by atoms with Crippen LogP contribution in [0, 0.1) is 5.92 Å². The first kappa shape index (κ1) is 17.4. The van der Waals surface area contributed by atoms with Crippen LogP contribution >= 0.6 is 0 Å². The Balaban J connectivity index is 2.68. The van der Waals surface area contributed by atoms with Gasteiger partial charge in [0.05, 0.1) is 25.0 Å². The Morgan fingerprint density at radius 1 is 1.33 bits per heavy atom. The number of nitrogens with one attached hydrogen (secondary N) is 1. The average Bonchev–Trinajstić information content (AvgIpc) is 2.45. The van der Waals surface area contributed by atoms with Crippen LogP contribution in [0.2, 0.25) is 0 Å². The third-order valence-electron chi connectivity index (χ3n) is 3.57. The Labute approximate surface area is 124 Å². The van der Waals surface area contributed by atoms with Crippen molar-refractivity contribution in [2.45, 2.75) is 45.3 Å². The number of ether oxygens (including phenoxy) is 1. The van der Waals surface area contributed by atoms with Gasteiger partial charge in [-0.3, -0.25) is 9.59 Å². The highest BCUT2D eigenvalue weighted by atomic mass is 16.5. The molecule has 0 aromatic heterocycles. The molecule has 0 unspecified atom stereocenters. The summed E-state index contributed by atoms with van der Waals surface area (Å²) in [5, 5.41) is 11.8. The van der Waals surface area contributed by atoms with E-state index in [9.17, 15) is 19.5 Å². The highest BCUT2D eigenvalue weighted by molar-refractivity contribution is 5.86. The number of hydrogen-bond acceptors (Lipinski definition) is 4. The van der Waals surface area contributed by atoms with Gasteiger partial charge in [-0.15, -0.1) is 0 Å². The number of likely N-dealkylation sites (tertiary alicyclic amines) is 1. The van der Waals surface area contributed by atoms with Gasteiger partial charge < -0.3 is 20.1 Å². The molecule has 7 heteroatoms. The van der Waals surface area contributed by atoms with Crippen molar-refractivity contribution in [3.05, 3.63) is 0 Å². The van der Waals surface area contributed by atoms with Gasteiger partial charge in [-0.2, -0.15) is 0 Å². The highest BCUT2D eigenvalue weighted by Crippen LogP contribution is 2.23. The van der Waals surface area contributed by atoms with Crippen molar-refractivity contribution >= 4 is 17.8 Å². The normalized spacial score (nSPS) is 22.2. The predicted octanol–water partition coefficient (Wildman–Crippen LogP) is 0.239. The lowest BCUT2D eigenvalue weighted by Crippen LogP contribution is -2.53. The maximum Gasteiger partial charge on any atom is 0.326 e. The lowest BCUT2D eigenvalue weighted by atomic mass is 9.91. The number of nitrogens with zero attached hydrogens (tertiary/aromatic N) is 1. The number of piperidine rings is 1. The van der Waals surface area contributed by atoms with E-state index >= 15 is 0 Å². The first-order chi connectivity index (χ1) is 9.86. The number of amides is 2. The van der Waals surface area contributed by atoms with E-state index in [2.05, 4.69) is 5.32 Å². The fourth-order valence-electron chi connectivity index (χ4n) is 2.45. The van der Waals surface area contributed by atoms with Crippen molar-refractivity contribution in [3.63, 3.8) is 0 Å². The molecule has 0 aliphatic carbocycles. The summed E-state index contributed by atoms with van der Waals surface area (Å²) in [6.07, 6.45) is 0.920. The summed E-state index contributed by atoms with van der Waals surface area (Å²) in [5.41, 5.74) is 0. The Hall–Kier alpha value is -1.63. The summed E-state index contributed by atoms with van der Waals surface area (Å²) in [7, 11) is 1.54. The van der Waals surface area contributed by atoms with Gasteiger partial charge in [0.1, 0.15) is 6.04 Å². The van der Waals surface area contributed by atoms with E-state index in [-0.39, 0.29) is 43.4 Å². The first-order valence-electron chi connectivity index (χ1n) is 7.22. The number of rotatable bonds is 6. The second kappa shape index (κ2) is 7.97. The van der Waals surface area contributed by atoms with Crippen LogP contribution in [0.15, 0.2) is 0 Å². The van der Waals surface area contributed by atoms with E-state index in [0.717, 1.165) is 0 Å². The Morgan fingerprint density at radius 2 is 2.00 bits per heavy atom. The molecular formula is C14H24N2O5. The lowest BCUT2D eigenvalue weighted by molar-refractivity contribution is -0.155. The topological polar surface area (TPSA) is 95.9 Å². The summed E-state index contributed by atoms with van der Waals surface area (Å²) in [6.45, 7) is 4.14. The van der Waals surface area contributed by atoms with Crippen molar-refractivity contribution in [2.75, 3.05) is 20.2 Å². The van der Waals surface area contributed by atoms with Crippen molar-refractivity contribution < 1.29 is 24.2 Å². The van der Waals surface area contributed by atoms with E-state index in [1.807, 2.05) is 13.8 Å². The van der Waals surface area contributed by atoms with Gasteiger partial charge in [-0.1, -0.05) is 0 Å². The Morgan fingerprint density at radius 3 is 2.52 bits per heavy atom. The third-order valence-corrected chi connectivity index (χ3v) is 3.57. The monoisotopic (exact) mass is 300 g/mol. The van der Waals surface area contributed by atoms with Crippen LogP contribution in [0.1, 0.15) is 33.1 Å². The van der Waals surface area contributed by atoms with Crippen LogP contribution in [0.4, 0.5) is 0 Å². The molecule has 0 aromatic carbocycles. The van der Waals surface area contributed by atoms with Crippen LogP contribution < -0.4 is 5.32 Å². The maximum atomic E-state index is 12.2. The number of aliphatic carboxylic acids is 1. The van der Waals surface area contributed by atoms with E-state index in [4.69, 9.17) is 4.74 Å². The summed E-state index contributed by atoms with van der Waals surface area (Å²) >= 11 is 0. The number of carboxylic acid groups (broad SMARTS) is 1. The van der Waals surface area contributed by atoms with Gasteiger partial charge in [0.15, 0.2) is 0 Å². The molecule has 2 N–H and O–H groups in total. The van der Waals surface area contributed by atoms with Crippen LogP contribution in [0.5, 0.6) is 0 Å². The van der Waals surface area contributed by atoms with E-state index < -0.39 is 12.0 Å². The van der Waals surface area contributed by atoms with Crippen molar-refractivity contribution in [1.29, 1.82) is 0 Å². The Bertz CT molecular complexity index is 397. The molecule has 1 heterocycles. The second-order valence-corrected chi connectivity index (χ2v) is 5.46. The van der Waals surface area contributed by atoms with Gasteiger partial charge in [-0.25, -0.2) is 4.79 Å². The molecule has 0 radical (unpaired) electrons. The molecular weight excluding hydrogens is 276 g/mol. The fourth-order valence-corrected chi connectivity index (χ4v) is 2.45. The van der Waals surface area contributed by atoms with Crippen LogP contribution in [0.25, 0.3) is 0 Å². The second-order valence-electron chi connectivity index (χ2n) is 5.46. The molecule has 0 bridgehead atoms. The zero-order chi connectivity index (χ0) is 16.0. The molecule has 1 aliphatic heterocycles. The minimum Gasteiger partial charge on any atom is -0.480 e. The predicted molar refractivity (Wildman–Crippen MR) is 75.6 cm³/mol. The summed E-state index contributed by atoms with van der Waals surface area (Å²) in [6, 6.07) is -0.850. The smallest absolute Gasteiger partial charge is 0.326 e. The molecule has 120 valence electrons. The molecule has 7 nitrogen and oxygen atoms in total. The number of hydrogen-bond donors (Lipinski definition) is 2. The van der Waals surface area contributed by atoms with E-state index in [1.54, 1.807) is 0 Å². The molecule has 0 spiro atoms. The molecule has 1 fully saturated rings. The average molecular weight is 300 g/mol. The molecule has 1 rings (SSSR count). The number of carboxylic acids is 1. The largest absolute Gasteiger partial charge is 0.480 e. The van der Waals surface area contributed by atoms with E-state index in [1.165, 1.54) is 11.9 Å². The first-order valence-corrected chi connectivity index (χ1v) is 7.22. The molecule has 2 amide bonds. The van der Waals surface area contributed by atoms with Crippen LogP contribution in [-0.2, 0) is 19.1 Å². The summed E-state index contributed by atoms with van der Waals surface area (Å²) in [5.74, 6) is -1.81. The van der Waals surface area contributed by atoms with Crippen molar-refractivity contribution in [1.82, 2.24) is 10.2 Å². The fraction of sp³-hybridized carbons (Fsp3) is 0.786. The highest BCUT2D eigenvalue weighted by Gasteiger charge is 2.37. The van der Waals surface area contributed by atoms with Crippen molar-refractivity contribution in [3.8, 4) is 0 Å². The molecule has 1 aliphatic rings. The van der Waals surface area contributed by atoms with Crippen LogP contribution in [-0.4, -0.2) is 60.1 Å². The SMILES string of the molecule is CNC(=O)[C@H]1CC[C@@H](C(=O)O)N(C(=O)CCOC(C)C)C1. The zero-order valence-corrected chi connectivity index (χ0v) is 12.8. The summed E-state index contributed by atoms with van der Waals surface area (Å²) in [4.78, 5) is 36.5. The maximum absolute atomic E-state index is 12.2. The standard InChI is InChI=1S/C14H24N2O5/c1-9(2)21-7-6-12(17)16-8-10(13(18)15-3)4-5-11(16)14(19)20/h9-11H,4-8H2,1-3H3,(H,15,18)(H,19,20)/t10-,11-/m0/s1. The number of carbonyl (C=O) groups is 3. The zero-order valence-electron chi connectivity index (χ0n) is 12.8. The molecule has 1 saturated heterocycles. The minimum absolute atomic E-state index is 0.0213. The van der Waals surface area contributed by atoms with Crippen LogP contribution in [0.3, 0.4) is 0 Å². The van der Waals surface area contributed by atoms with Crippen molar-refractivity contribution in [2.24, 2.45) is 5.92 Å². The number of carbonyl (C=O) groups excluding carboxylic acids is 2. The molecule has 2 atom stereocenters. The van der Waals surface area contributed by atoms with Gasteiger partial charge in [0.25, 0.3) is 0 Å². The van der Waals surface area contributed by atoms with Gasteiger partial charge >= 0.3 is 5.97 Å².